The first-order valence-electron chi connectivity index (χ1n) is 8.64. The largest absolute Gasteiger partial charge is 0.492 e. The van der Waals surface area contributed by atoms with Crippen molar-refractivity contribution in [1.82, 2.24) is 4.90 Å². The van der Waals surface area contributed by atoms with Crippen molar-refractivity contribution in [2.45, 2.75) is 58.2 Å². The van der Waals surface area contributed by atoms with Crippen LogP contribution in [0.4, 0.5) is 0 Å². The van der Waals surface area contributed by atoms with Gasteiger partial charge in [-0.2, -0.15) is 0 Å². The predicted octanol–water partition coefficient (Wildman–Crippen LogP) is 3.44. The third kappa shape index (κ3) is 3.05. The third-order valence-corrected chi connectivity index (χ3v) is 4.88. The van der Waals surface area contributed by atoms with Gasteiger partial charge in [0.1, 0.15) is 24.2 Å². The zero-order valence-electron chi connectivity index (χ0n) is 14.6. The zero-order chi connectivity index (χ0) is 16.4. The van der Waals surface area contributed by atoms with Crippen LogP contribution in [0.3, 0.4) is 0 Å². The van der Waals surface area contributed by atoms with Crippen molar-refractivity contribution in [3.8, 4) is 5.75 Å². The number of hydrogen-bond donors (Lipinski definition) is 0. The second-order valence-corrected chi connectivity index (χ2v) is 6.95. The Hall–Kier alpha value is -1.68. The normalized spacial score (nSPS) is 25.9. The quantitative estimate of drug-likeness (QED) is 0.835. The molecule has 1 aromatic carbocycles. The molecule has 0 bridgehead atoms. The summed E-state index contributed by atoms with van der Waals surface area (Å²) in [6.07, 6.45) is 5.76. The third-order valence-electron chi connectivity index (χ3n) is 4.88. The maximum atomic E-state index is 6.12. The van der Waals surface area contributed by atoms with E-state index < -0.39 is 0 Å². The SMILES string of the molecule is CCCN(C(C)C)C1COc2cccc(C3(C)C=NC=N3)c2C1. The summed E-state index contributed by atoms with van der Waals surface area (Å²) in [6.45, 7) is 10.8. The summed E-state index contributed by atoms with van der Waals surface area (Å²) >= 11 is 0. The van der Waals surface area contributed by atoms with E-state index in [0.29, 0.717) is 12.1 Å². The monoisotopic (exact) mass is 313 g/mol. The summed E-state index contributed by atoms with van der Waals surface area (Å²) < 4.78 is 6.12. The van der Waals surface area contributed by atoms with Crippen molar-refractivity contribution in [2.75, 3.05) is 13.2 Å². The molecular weight excluding hydrogens is 286 g/mol. The average Bonchev–Trinajstić information content (AvgIpc) is 2.99. The molecule has 0 fully saturated rings. The number of ether oxygens (including phenoxy) is 1. The van der Waals surface area contributed by atoms with Crippen molar-refractivity contribution < 1.29 is 4.74 Å². The lowest BCUT2D eigenvalue weighted by Gasteiger charge is -2.39. The fourth-order valence-corrected chi connectivity index (χ4v) is 3.70. The summed E-state index contributed by atoms with van der Waals surface area (Å²) in [5, 5.41) is 0. The van der Waals surface area contributed by atoms with Crippen molar-refractivity contribution in [3.05, 3.63) is 29.3 Å². The molecule has 0 spiro atoms. The molecule has 0 aromatic heterocycles. The lowest BCUT2D eigenvalue weighted by molar-refractivity contribution is 0.0920. The smallest absolute Gasteiger partial charge is 0.123 e. The molecule has 124 valence electrons. The Morgan fingerprint density at radius 2 is 2.22 bits per heavy atom. The van der Waals surface area contributed by atoms with Crippen LogP contribution in [0.5, 0.6) is 5.75 Å². The summed E-state index contributed by atoms with van der Waals surface area (Å²) in [5.41, 5.74) is 2.15. The molecule has 4 heteroatoms. The highest BCUT2D eigenvalue weighted by Gasteiger charge is 2.34. The maximum absolute atomic E-state index is 6.12. The average molecular weight is 313 g/mol. The molecule has 2 aliphatic rings. The van der Waals surface area contributed by atoms with Crippen LogP contribution in [0.25, 0.3) is 0 Å². The van der Waals surface area contributed by atoms with Crippen molar-refractivity contribution in [2.24, 2.45) is 9.98 Å². The van der Waals surface area contributed by atoms with Gasteiger partial charge in [-0.25, -0.2) is 4.99 Å². The van der Waals surface area contributed by atoms with Gasteiger partial charge >= 0.3 is 0 Å². The van der Waals surface area contributed by atoms with E-state index >= 15 is 0 Å². The van der Waals surface area contributed by atoms with Crippen LogP contribution in [0.15, 0.2) is 28.2 Å². The van der Waals surface area contributed by atoms with Crippen LogP contribution >= 0.6 is 0 Å². The zero-order valence-corrected chi connectivity index (χ0v) is 14.6. The molecule has 1 aromatic rings. The van der Waals surface area contributed by atoms with E-state index in [1.807, 2.05) is 6.21 Å². The van der Waals surface area contributed by atoms with Gasteiger partial charge in [0.2, 0.25) is 0 Å². The standard InChI is InChI=1S/C19H27N3O/c1-5-9-22(14(2)3)15-10-16-17(19(4)12-20-13-21-19)7-6-8-18(16)23-11-15/h6-8,12-15H,5,9-11H2,1-4H3. The van der Waals surface area contributed by atoms with Gasteiger partial charge in [0, 0.05) is 23.9 Å². The van der Waals surface area contributed by atoms with Crippen LogP contribution in [0.1, 0.15) is 45.2 Å². The van der Waals surface area contributed by atoms with Crippen LogP contribution in [0.2, 0.25) is 0 Å². The number of hydrogen-bond acceptors (Lipinski definition) is 4. The minimum atomic E-state index is -0.357. The molecule has 0 aliphatic carbocycles. The summed E-state index contributed by atoms with van der Waals surface area (Å²) in [7, 11) is 0. The van der Waals surface area contributed by atoms with Crippen LogP contribution < -0.4 is 4.74 Å². The van der Waals surface area contributed by atoms with E-state index in [0.717, 1.165) is 31.7 Å². The van der Waals surface area contributed by atoms with E-state index in [-0.39, 0.29) is 5.54 Å². The first-order valence-corrected chi connectivity index (χ1v) is 8.64. The Labute approximate surface area is 139 Å². The molecule has 0 N–H and O–H groups in total. The maximum Gasteiger partial charge on any atom is 0.123 e. The number of aliphatic imine (C=N–C) groups is 2. The van der Waals surface area contributed by atoms with Gasteiger partial charge in [0.15, 0.2) is 0 Å². The fourth-order valence-electron chi connectivity index (χ4n) is 3.70. The topological polar surface area (TPSA) is 37.2 Å². The van der Waals surface area contributed by atoms with Gasteiger partial charge < -0.3 is 4.74 Å². The Bertz CT molecular complexity index is 609. The molecule has 2 heterocycles. The fraction of sp³-hybridized carbons (Fsp3) is 0.579. The Balaban J connectivity index is 1.93. The highest BCUT2D eigenvalue weighted by atomic mass is 16.5. The van der Waals surface area contributed by atoms with Gasteiger partial charge in [-0.1, -0.05) is 19.1 Å². The van der Waals surface area contributed by atoms with E-state index in [9.17, 15) is 0 Å². The van der Waals surface area contributed by atoms with Gasteiger partial charge in [0.05, 0.1) is 0 Å². The Morgan fingerprint density at radius 3 is 2.87 bits per heavy atom. The molecule has 2 aliphatic heterocycles. The molecule has 0 amide bonds. The van der Waals surface area contributed by atoms with Gasteiger partial charge in [-0.05, 0) is 51.8 Å². The lowest BCUT2D eigenvalue weighted by atomic mass is 9.85. The predicted molar refractivity (Wildman–Crippen MR) is 95.9 cm³/mol. The summed E-state index contributed by atoms with van der Waals surface area (Å²) in [4.78, 5) is 11.3. The van der Waals surface area contributed by atoms with Crippen molar-refractivity contribution in [3.63, 3.8) is 0 Å². The van der Waals surface area contributed by atoms with E-state index in [1.54, 1.807) is 6.34 Å². The molecule has 0 saturated heterocycles. The first-order chi connectivity index (χ1) is 11.0. The van der Waals surface area contributed by atoms with Crippen LogP contribution in [-0.4, -0.2) is 42.7 Å². The number of nitrogens with zero attached hydrogens (tertiary/aromatic N) is 3. The molecule has 3 rings (SSSR count). The minimum absolute atomic E-state index is 0.357. The number of benzene rings is 1. The molecular formula is C19H27N3O. The number of rotatable bonds is 5. The highest BCUT2D eigenvalue weighted by Crippen LogP contribution is 2.37. The molecule has 2 atom stereocenters. The van der Waals surface area contributed by atoms with Crippen LogP contribution in [0, 0.1) is 0 Å². The summed E-state index contributed by atoms with van der Waals surface area (Å²) in [5.74, 6) is 1.01. The summed E-state index contributed by atoms with van der Waals surface area (Å²) in [6, 6.07) is 7.26. The van der Waals surface area contributed by atoms with E-state index in [1.165, 1.54) is 11.1 Å². The van der Waals surface area contributed by atoms with Crippen LogP contribution in [-0.2, 0) is 12.0 Å². The van der Waals surface area contributed by atoms with Crippen molar-refractivity contribution >= 4 is 12.6 Å². The van der Waals surface area contributed by atoms with Crippen molar-refractivity contribution in [1.29, 1.82) is 0 Å². The minimum Gasteiger partial charge on any atom is -0.492 e. The molecule has 23 heavy (non-hydrogen) atoms. The van der Waals surface area contributed by atoms with Gasteiger partial charge in [-0.3, -0.25) is 9.89 Å². The lowest BCUT2D eigenvalue weighted by Crippen LogP contribution is -2.47. The number of fused-ring (bicyclic) bond motifs is 1. The highest BCUT2D eigenvalue weighted by molar-refractivity contribution is 5.87. The molecule has 4 nitrogen and oxygen atoms in total. The molecule has 0 saturated carbocycles. The Morgan fingerprint density at radius 1 is 1.39 bits per heavy atom. The second-order valence-electron chi connectivity index (χ2n) is 6.95. The van der Waals surface area contributed by atoms with Gasteiger partial charge in [0.25, 0.3) is 0 Å². The Kier molecular flexibility index (Phi) is 4.53. The van der Waals surface area contributed by atoms with E-state index in [4.69, 9.17) is 4.74 Å². The molecule has 2 unspecified atom stereocenters. The van der Waals surface area contributed by atoms with Gasteiger partial charge in [-0.15, -0.1) is 0 Å². The van der Waals surface area contributed by atoms with E-state index in [2.05, 4.69) is 60.8 Å². The first kappa shape index (κ1) is 16.2. The molecule has 0 radical (unpaired) electrons. The second kappa shape index (κ2) is 6.44.